The van der Waals surface area contributed by atoms with Gasteiger partial charge in [0.1, 0.15) is 5.82 Å². The van der Waals surface area contributed by atoms with E-state index < -0.39 is 5.97 Å². The normalized spacial score (nSPS) is 10.8. The Kier molecular flexibility index (Phi) is 2.56. The van der Waals surface area contributed by atoms with Gasteiger partial charge in [-0.25, -0.2) is 9.18 Å². The molecule has 0 bridgehead atoms. The van der Waals surface area contributed by atoms with Gasteiger partial charge < -0.3 is 9.67 Å². The van der Waals surface area contributed by atoms with E-state index in [-0.39, 0.29) is 11.4 Å². The van der Waals surface area contributed by atoms with Crippen LogP contribution in [0, 0.1) is 5.82 Å². The average molecular weight is 255 g/mol. The first-order valence-electron chi connectivity index (χ1n) is 5.76. The average Bonchev–Trinajstić information content (AvgIpc) is 2.79. The van der Waals surface area contributed by atoms with Crippen molar-refractivity contribution in [3.63, 3.8) is 0 Å². The first-order valence-corrected chi connectivity index (χ1v) is 5.76. The molecule has 19 heavy (non-hydrogen) atoms. The number of benzene rings is 2. The minimum atomic E-state index is -0.975. The van der Waals surface area contributed by atoms with Crippen molar-refractivity contribution in [1.29, 1.82) is 0 Å². The Morgan fingerprint density at radius 1 is 1.05 bits per heavy atom. The lowest BCUT2D eigenvalue weighted by Gasteiger charge is -2.04. The predicted molar refractivity (Wildman–Crippen MR) is 70.2 cm³/mol. The van der Waals surface area contributed by atoms with Crippen LogP contribution < -0.4 is 0 Å². The number of halogens is 1. The maximum absolute atomic E-state index is 12.9. The third kappa shape index (κ3) is 1.87. The summed E-state index contributed by atoms with van der Waals surface area (Å²) in [5, 5.41) is 9.88. The van der Waals surface area contributed by atoms with Gasteiger partial charge in [-0.1, -0.05) is 18.2 Å². The molecule has 3 aromatic rings. The molecule has 3 rings (SSSR count). The van der Waals surface area contributed by atoms with Crippen LogP contribution in [0.3, 0.4) is 0 Å². The zero-order valence-corrected chi connectivity index (χ0v) is 9.88. The zero-order valence-electron chi connectivity index (χ0n) is 9.88. The number of rotatable bonds is 2. The van der Waals surface area contributed by atoms with Gasteiger partial charge in [0.15, 0.2) is 0 Å². The molecule has 0 saturated heterocycles. The summed E-state index contributed by atoms with van der Waals surface area (Å²) in [5.41, 5.74) is 1.75. The van der Waals surface area contributed by atoms with Crippen LogP contribution in [0.4, 0.5) is 4.39 Å². The van der Waals surface area contributed by atoms with E-state index in [1.165, 1.54) is 12.1 Å². The fourth-order valence-corrected chi connectivity index (χ4v) is 2.17. The van der Waals surface area contributed by atoms with E-state index in [9.17, 15) is 14.3 Å². The highest BCUT2D eigenvalue weighted by Crippen LogP contribution is 2.24. The molecular weight excluding hydrogens is 245 g/mol. The van der Waals surface area contributed by atoms with E-state index in [0.29, 0.717) is 5.39 Å². The van der Waals surface area contributed by atoms with Gasteiger partial charge >= 0.3 is 5.97 Å². The number of nitrogens with zero attached hydrogens (tertiary/aromatic N) is 1. The Morgan fingerprint density at radius 2 is 1.74 bits per heavy atom. The predicted octanol–water partition coefficient (Wildman–Crippen LogP) is 3.47. The molecule has 94 valence electrons. The van der Waals surface area contributed by atoms with Crippen LogP contribution in [-0.2, 0) is 0 Å². The number of fused-ring (bicyclic) bond motifs is 1. The van der Waals surface area contributed by atoms with Crippen LogP contribution in [0.1, 0.15) is 10.4 Å². The van der Waals surface area contributed by atoms with Gasteiger partial charge in [0.25, 0.3) is 0 Å². The topological polar surface area (TPSA) is 42.2 Å². The lowest BCUT2D eigenvalue weighted by Crippen LogP contribution is -1.95. The van der Waals surface area contributed by atoms with Crippen molar-refractivity contribution < 1.29 is 14.3 Å². The van der Waals surface area contributed by atoms with Gasteiger partial charge in [-0.05, 0) is 30.3 Å². The van der Waals surface area contributed by atoms with E-state index in [4.69, 9.17) is 0 Å². The molecule has 0 aliphatic carbocycles. The van der Waals surface area contributed by atoms with Crippen LogP contribution in [0.25, 0.3) is 16.6 Å². The second-order valence-corrected chi connectivity index (χ2v) is 4.21. The monoisotopic (exact) mass is 255 g/mol. The fourth-order valence-electron chi connectivity index (χ4n) is 2.17. The van der Waals surface area contributed by atoms with Gasteiger partial charge in [0.05, 0.1) is 11.1 Å². The minimum Gasteiger partial charge on any atom is -0.478 e. The lowest BCUT2D eigenvalue weighted by atomic mass is 10.2. The molecule has 0 amide bonds. The summed E-state index contributed by atoms with van der Waals surface area (Å²) in [5.74, 6) is -1.30. The van der Waals surface area contributed by atoms with Crippen LogP contribution in [0.2, 0.25) is 0 Å². The number of carboxylic acids is 1. The SMILES string of the molecule is O=C(O)c1cn(-c2ccc(F)cc2)c2ccccc12. The molecule has 0 aliphatic heterocycles. The lowest BCUT2D eigenvalue weighted by molar-refractivity contribution is 0.0699. The van der Waals surface area contributed by atoms with Gasteiger partial charge in [-0.3, -0.25) is 0 Å². The molecular formula is C15H10FNO2. The third-order valence-electron chi connectivity index (χ3n) is 3.05. The maximum Gasteiger partial charge on any atom is 0.337 e. The van der Waals surface area contributed by atoms with Gasteiger partial charge in [-0.2, -0.15) is 0 Å². The second-order valence-electron chi connectivity index (χ2n) is 4.21. The van der Waals surface area contributed by atoms with Crippen molar-refractivity contribution in [2.45, 2.75) is 0 Å². The Morgan fingerprint density at radius 3 is 2.42 bits per heavy atom. The molecule has 0 spiro atoms. The summed E-state index contributed by atoms with van der Waals surface area (Å²) in [7, 11) is 0. The number of aromatic nitrogens is 1. The highest BCUT2D eigenvalue weighted by molar-refractivity contribution is 6.04. The Balaban J connectivity index is 2.29. The number of aromatic carboxylic acids is 1. The molecule has 1 heterocycles. The molecule has 0 aliphatic rings. The van der Waals surface area contributed by atoms with Gasteiger partial charge in [0.2, 0.25) is 0 Å². The third-order valence-corrected chi connectivity index (χ3v) is 3.05. The first-order chi connectivity index (χ1) is 9.16. The minimum absolute atomic E-state index is 0.236. The fraction of sp³-hybridized carbons (Fsp3) is 0. The van der Waals surface area contributed by atoms with Crippen molar-refractivity contribution in [2.75, 3.05) is 0 Å². The molecule has 2 aromatic carbocycles. The molecule has 0 saturated carbocycles. The quantitative estimate of drug-likeness (QED) is 0.761. The number of carbonyl (C=O) groups is 1. The van der Waals surface area contributed by atoms with E-state index in [1.54, 1.807) is 35.0 Å². The highest BCUT2D eigenvalue weighted by Gasteiger charge is 2.14. The smallest absolute Gasteiger partial charge is 0.337 e. The van der Waals surface area contributed by atoms with Crippen molar-refractivity contribution in [3.05, 3.63) is 66.1 Å². The Bertz CT molecular complexity index is 759. The van der Waals surface area contributed by atoms with Crippen molar-refractivity contribution >= 4 is 16.9 Å². The highest BCUT2D eigenvalue weighted by atomic mass is 19.1. The Hall–Kier alpha value is -2.62. The Labute approximate surface area is 108 Å². The van der Waals surface area contributed by atoms with Crippen LogP contribution >= 0.6 is 0 Å². The summed E-state index contributed by atoms with van der Waals surface area (Å²) >= 11 is 0. The summed E-state index contributed by atoms with van der Waals surface area (Å²) in [4.78, 5) is 11.2. The van der Waals surface area contributed by atoms with Crippen LogP contribution in [-0.4, -0.2) is 15.6 Å². The first kappa shape index (κ1) is 11.5. The summed E-state index contributed by atoms with van der Waals surface area (Å²) in [6.45, 7) is 0. The summed E-state index contributed by atoms with van der Waals surface area (Å²) < 4.78 is 14.7. The molecule has 1 aromatic heterocycles. The van der Waals surface area contributed by atoms with Gasteiger partial charge in [-0.15, -0.1) is 0 Å². The van der Waals surface area contributed by atoms with E-state index >= 15 is 0 Å². The second kappa shape index (κ2) is 4.24. The largest absolute Gasteiger partial charge is 0.478 e. The van der Waals surface area contributed by atoms with Crippen LogP contribution in [0.5, 0.6) is 0 Å². The van der Waals surface area contributed by atoms with Crippen molar-refractivity contribution in [2.24, 2.45) is 0 Å². The van der Waals surface area contributed by atoms with Crippen molar-refractivity contribution in [1.82, 2.24) is 4.57 Å². The summed E-state index contributed by atoms with van der Waals surface area (Å²) in [6.07, 6.45) is 1.56. The molecule has 3 nitrogen and oxygen atoms in total. The van der Waals surface area contributed by atoms with Crippen molar-refractivity contribution in [3.8, 4) is 5.69 Å². The van der Waals surface area contributed by atoms with E-state index in [2.05, 4.69) is 0 Å². The number of carboxylic acid groups (broad SMARTS) is 1. The maximum atomic E-state index is 12.9. The van der Waals surface area contributed by atoms with E-state index in [0.717, 1.165) is 11.2 Å². The van der Waals surface area contributed by atoms with E-state index in [1.807, 2.05) is 12.1 Å². The molecule has 0 fully saturated rings. The molecule has 0 atom stereocenters. The number of hydrogen-bond donors (Lipinski definition) is 1. The number of hydrogen-bond acceptors (Lipinski definition) is 1. The molecule has 4 heteroatoms. The standard InChI is InChI=1S/C15H10FNO2/c16-10-5-7-11(8-6-10)17-9-13(15(18)19)12-3-1-2-4-14(12)17/h1-9H,(H,18,19). The number of para-hydroxylation sites is 1. The molecule has 0 unspecified atom stereocenters. The molecule has 0 radical (unpaired) electrons. The zero-order chi connectivity index (χ0) is 13.4. The van der Waals surface area contributed by atoms with Crippen LogP contribution in [0.15, 0.2) is 54.7 Å². The van der Waals surface area contributed by atoms with Gasteiger partial charge in [0, 0.05) is 17.3 Å². The summed E-state index contributed by atoms with van der Waals surface area (Å²) in [6, 6.07) is 13.2. The molecule has 1 N–H and O–H groups in total.